The van der Waals surface area contributed by atoms with Crippen LogP contribution in [-0.4, -0.2) is 46.8 Å². The molecule has 0 spiro atoms. The summed E-state index contributed by atoms with van der Waals surface area (Å²) in [5.74, 6) is 0.437. The van der Waals surface area contributed by atoms with Crippen LogP contribution in [0.2, 0.25) is 0 Å². The monoisotopic (exact) mass is 348 g/mol. The molecule has 0 radical (unpaired) electrons. The molecule has 1 aliphatic heterocycles. The van der Waals surface area contributed by atoms with Crippen LogP contribution in [0.1, 0.15) is 25.0 Å². The summed E-state index contributed by atoms with van der Waals surface area (Å²) < 4.78 is 11.0. The summed E-state index contributed by atoms with van der Waals surface area (Å²) in [6, 6.07) is 1.76. The maximum atomic E-state index is 11.8. The number of nitrogens with zero attached hydrogens (tertiary/aromatic N) is 3. The first-order valence-corrected chi connectivity index (χ1v) is 8.87. The van der Waals surface area contributed by atoms with Crippen LogP contribution in [-0.2, 0) is 20.8 Å². The number of hydrogen-bond donors (Lipinski definition) is 1. The van der Waals surface area contributed by atoms with Crippen LogP contribution in [0.5, 0.6) is 0 Å². The van der Waals surface area contributed by atoms with Crippen LogP contribution >= 0.6 is 11.3 Å². The summed E-state index contributed by atoms with van der Waals surface area (Å²) in [6.45, 7) is 1.67. The van der Waals surface area contributed by atoms with Gasteiger partial charge in [0, 0.05) is 24.4 Å². The molecule has 128 valence electrons. The fourth-order valence-corrected chi connectivity index (χ4v) is 3.13. The first-order valence-electron chi connectivity index (χ1n) is 7.99. The number of thiazole rings is 1. The van der Waals surface area contributed by atoms with E-state index >= 15 is 0 Å². The van der Waals surface area contributed by atoms with E-state index in [9.17, 15) is 4.79 Å². The predicted molar refractivity (Wildman–Crippen MR) is 89.4 cm³/mol. The largest absolute Gasteiger partial charge is 0.376 e. The molecule has 0 bridgehead atoms. The lowest BCUT2D eigenvalue weighted by Crippen LogP contribution is -2.30. The van der Waals surface area contributed by atoms with E-state index < -0.39 is 0 Å². The van der Waals surface area contributed by atoms with Crippen molar-refractivity contribution in [1.82, 2.24) is 20.3 Å². The van der Waals surface area contributed by atoms with Gasteiger partial charge in [-0.15, -0.1) is 11.3 Å². The lowest BCUT2D eigenvalue weighted by atomic mass is 10.1. The second-order valence-corrected chi connectivity index (χ2v) is 6.35. The highest BCUT2D eigenvalue weighted by Gasteiger charge is 2.14. The van der Waals surface area contributed by atoms with E-state index in [-0.39, 0.29) is 18.6 Å². The summed E-state index contributed by atoms with van der Waals surface area (Å²) >= 11 is 1.46. The molecule has 1 unspecified atom stereocenters. The minimum absolute atomic E-state index is 0.0403. The lowest BCUT2D eigenvalue weighted by Gasteiger charge is -2.22. The molecule has 0 aliphatic carbocycles. The van der Waals surface area contributed by atoms with Gasteiger partial charge in [0.15, 0.2) is 10.8 Å². The SMILES string of the molecule is O=C(COCC1CCCCO1)NCc1csc(-c2ncccn2)n1. The van der Waals surface area contributed by atoms with E-state index in [1.54, 1.807) is 18.5 Å². The third kappa shape index (κ3) is 5.05. The zero-order valence-electron chi connectivity index (χ0n) is 13.3. The summed E-state index contributed by atoms with van der Waals surface area (Å²) in [5.41, 5.74) is 0.784. The number of rotatable bonds is 7. The van der Waals surface area contributed by atoms with Gasteiger partial charge >= 0.3 is 0 Å². The number of ether oxygens (including phenoxy) is 2. The van der Waals surface area contributed by atoms with Crippen molar-refractivity contribution in [3.05, 3.63) is 29.5 Å². The van der Waals surface area contributed by atoms with Crippen molar-refractivity contribution in [1.29, 1.82) is 0 Å². The van der Waals surface area contributed by atoms with Crippen LogP contribution in [0.15, 0.2) is 23.8 Å². The Balaban J connectivity index is 1.38. The molecule has 7 nitrogen and oxygen atoms in total. The summed E-state index contributed by atoms with van der Waals surface area (Å²) in [7, 11) is 0. The Bertz CT molecular complexity index is 644. The van der Waals surface area contributed by atoms with Crippen LogP contribution in [0.4, 0.5) is 0 Å². The highest BCUT2D eigenvalue weighted by atomic mass is 32.1. The molecule has 8 heteroatoms. The standard InChI is InChI=1S/C16H20N4O3S/c21-14(10-22-9-13-4-1-2-7-23-13)19-8-12-11-24-16(20-12)15-17-5-3-6-18-15/h3,5-6,11,13H,1-2,4,7-10H2,(H,19,21). The maximum Gasteiger partial charge on any atom is 0.246 e. The Labute approximate surface area is 144 Å². The highest BCUT2D eigenvalue weighted by molar-refractivity contribution is 7.13. The molecule has 1 saturated heterocycles. The molecular formula is C16H20N4O3S. The van der Waals surface area contributed by atoms with Gasteiger partial charge in [-0.05, 0) is 25.3 Å². The Morgan fingerprint density at radius 2 is 2.25 bits per heavy atom. The second kappa shape index (κ2) is 8.81. The van der Waals surface area contributed by atoms with Gasteiger partial charge < -0.3 is 14.8 Å². The molecule has 24 heavy (non-hydrogen) atoms. The van der Waals surface area contributed by atoms with Gasteiger partial charge in [-0.25, -0.2) is 15.0 Å². The third-order valence-corrected chi connectivity index (χ3v) is 4.47. The van der Waals surface area contributed by atoms with Crippen molar-refractivity contribution >= 4 is 17.2 Å². The van der Waals surface area contributed by atoms with Gasteiger partial charge in [-0.3, -0.25) is 4.79 Å². The Morgan fingerprint density at radius 1 is 1.38 bits per heavy atom. The molecule has 3 rings (SSSR count). The maximum absolute atomic E-state index is 11.8. The first-order chi connectivity index (χ1) is 11.8. The van der Waals surface area contributed by atoms with Gasteiger partial charge in [0.1, 0.15) is 6.61 Å². The van der Waals surface area contributed by atoms with Crippen LogP contribution in [0.3, 0.4) is 0 Å². The number of aromatic nitrogens is 3. The van der Waals surface area contributed by atoms with Gasteiger partial charge in [0.2, 0.25) is 5.91 Å². The molecular weight excluding hydrogens is 328 g/mol. The van der Waals surface area contributed by atoms with E-state index in [1.165, 1.54) is 11.3 Å². The molecule has 0 saturated carbocycles. The minimum atomic E-state index is -0.156. The Kier molecular flexibility index (Phi) is 6.22. The fraction of sp³-hybridized carbons (Fsp3) is 0.500. The van der Waals surface area contributed by atoms with Crippen molar-refractivity contribution in [3.63, 3.8) is 0 Å². The number of nitrogens with one attached hydrogen (secondary N) is 1. The average molecular weight is 348 g/mol. The normalized spacial score (nSPS) is 17.6. The summed E-state index contributed by atoms with van der Waals surface area (Å²) in [4.78, 5) is 24.6. The number of carbonyl (C=O) groups excluding carboxylic acids is 1. The summed E-state index contributed by atoms with van der Waals surface area (Å²) in [6.07, 6.45) is 6.76. The van der Waals surface area contributed by atoms with Crippen LogP contribution in [0.25, 0.3) is 10.8 Å². The number of carbonyl (C=O) groups is 1. The predicted octanol–water partition coefficient (Wildman–Crippen LogP) is 1.80. The smallest absolute Gasteiger partial charge is 0.246 e. The van der Waals surface area contributed by atoms with E-state index in [2.05, 4.69) is 20.3 Å². The van der Waals surface area contributed by atoms with Crippen molar-refractivity contribution in [3.8, 4) is 10.8 Å². The summed E-state index contributed by atoms with van der Waals surface area (Å²) in [5, 5.41) is 5.43. The van der Waals surface area contributed by atoms with E-state index in [1.807, 2.05) is 5.38 Å². The molecule has 1 amide bonds. The molecule has 1 fully saturated rings. The molecule has 2 aromatic heterocycles. The van der Waals surface area contributed by atoms with E-state index in [0.717, 1.165) is 36.6 Å². The highest BCUT2D eigenvalue weighted by Crippen LogP contribution is 2.19. The van der Waals surface area contributed by atoms with Gasteiger partial charge in [0.25, 0.3) is 0 Å². The zero-order valence-corrected chi connectivity index (χ0v) is 14.1. The topological polar surface area (TPSA) is 86.2 Å². The molecule has 0 aromatic carbocycles. The van der Waals surface area contributed by atoms with E-state index in [0.29, 0.717) is 19.0 Å². The van der Waals surface area contributed by atoms with Gasteiger partial charge in [-0.2, -0.15) is 0 Å². The van der Waals surface area contributed by atoms with Gasteiger partial charge in [0.05, 0.1) is 24.9 Å². The average Bonchev–Trinajstić information content (AvgIpc) is 3.11. The molecule has 1 N–H and O–H groups in total. The molecule has 2 aromatic rings. The van der Waals surface area contributed by atoms with Crippen molar-refractivity contribution in [2.24, 2.45) is 0 Å². The minimum Gasteiger partial charge on any atom is -0.376 e. The quantitative estimate of drug-likeness (QED) is 0.821. The molecule has 1 aliphatic rings. The van der Waals surface area contributed by atoms with Crippen molar-refractivity contribution < 1.29 is 14.3 Å². The Morgan fingerprint density at radius 3 is 3.04 bits per heavy atom. The number of amides is 1. The Hall–Kier alpha value is -1.90. The zero-order chi connectivity index (χ0) is 16.6. The van der Waals surface area contributed by atoms with Crippen LogP contribution < -0.4 is 5.32 Å². The molecule has 1 atom stereocenters. The lowest BCUT2D eigenvalue weighted by molar-refractivity contribution is -0.128. The van der Waals surface area contributed by atoms with E-state index in [4.69, 9.17) is 9.47 Å². The number of hydrogen-bond acceptors (Lipinski definition) is 7. The van der Waals surface area contributed by atoms with Crippen molar-refractivity contribution in [2.75, 3.05) is 19.8 Å². The van der Waals surface area contributed by atoms with Crippen LogP contribution in [0, 0.1) is 0 Å². The first kappa shape index (κ1) is 16.9. The second-order valence-electron chi connectivity index (χ2n) is 5.50. The fourth-order valence-electron chi connectivity index (χ4n) is 2.36. The van der Waals surface area contributed by atoms with Gasteiger partial charge in [-0.1, -0.05) is 0 Å². The molecule has 3 heterocycles. The third-order valence-electron chi connectivity index (χ3n) is 3.59. The van der Waals surface area contributed by atoms with Crippen molar-refractivity contribution in [2.45, 2.75) is 31.9 Å².